The second-order valence-electron chi connectivity index (χ2n) is 5.70. The van der Waals surface area contributed by atoms with E-state index in [1.54, 1.807) is 11.9 Å². The second kappa shape index (κ2) is 6.06. The molecule has 0 radical (unpaired) electrons. The lowest BCUT2D eigenvalue weighted by molar-refractivity contribution is 0.0225. The minimum Gasteiger partial charge on any atom is -0.444 e. The fraction of sp³-hybridized carbons (Fsp3) is 0.533. The van der Waals surface area contributed by atoms with E-state index in [4.69, 9.17) is 10.5 Å². The molecule has 0 bridgehead atoms. The Labute approximate surface area is 115 Å². The first-order valence-corrected chi connectivity index (χ1v) is 6.47. The predicted octanol–water partition coefficient (Wildman–Crippen LogP) is 2.86. The van der Waals surface area contributed by atoms with Crippen molar-refractivity contribution in [3.63, 3.8) is 0 Å². The van der Waals surface area contributed by atoms with E-state index in [0.717, 1.165) is 11.1 Å². The minimum absolute atomic E-state index is 0.170. The fourth-order valence-corrected chi connectivity index (χ4v) is 1.92. The van der Waals surface area contributed by atoms with Crippen LogP contribution < -0.4 is 5.73 Å². The van der Waals surface area contributed by atoms with Crippen molar-refractivity contribution in [3.05, 3.63) is 35.4 Å². The average Bonchev–Trinajstić information content (AvgIpc) is 2.30. The standard InChI is InChI=1S/C15H24N2O2/c1-11-8-6-7-9-12(11)13(10-16)17(5)14(18)19-15(2,3)4/h6-9,13H,10,16H2,1-5H3. The van der Waals surface area contributed by atoms with Crippen LogP contribution in [0, 0.1) is 6.92 Å². The highest BCUT2D eigenvalue weighted by atomic mass is 16.6. The van der Waals surface area contributed by atoms with E-state index in [1.165, 1.54) is 0 Å². The molecule has 0 spiro atoms. The molecule has 2 N–H and O–H groups in total. The number of amides is 1. The minimum atomic E-state index is -0.504. The van der Waals surface area contributed by atoms with Gasteiger partial charge in [0.25, 0.3) is 0 Å². The lowest BCUT2D eigenvalue weighted by atomic mass is 10.0. The topological polar surface area (TPSA) is 55.6 Å². The van der Waals surface area contributed by atoms with Crippen LogP contribution in [0.5, 0.6) is 0 Å². The Morgan fingerprint density at radius 2 is 1.95 bits per heavy atom. The van der Waals surface area contributed by atoms with Crippen LogP contribution in [0.2, 0.25) is 0 Å². The van der Waals surface area contributed by atoms with E-state index in [9.17, 15) is 4.79 Å². The molecule has 1 rings (SSSR count). The summed E-state index contributed by atoms with van der Waals surface area (Å²) in [6.07, 6.45) is -0.355. The Balaban J connectivity index is 2.92. The maximum atomic E-state index is 12.1. The monoisotopic (exact) mass is 264 g/mol. The van der Waals surface area contributed by atoms with Crippen LogP contribution in [0.3, 0.4) is 0 Å². The molecule has 0 heterocycles. The Hall–Kier alpha value is -1.55. The van der Waals surface area contributed by atoms with Gasteiger partial charge < -0.3 is 15.4 Å². The van der Waals surface area contributed by atoms with E-state index in [2.05, 4.69) is 0 Å². The van der Waals surface area contributed by atoms with Gasteiger partial charge in [-0.2, -0.15) is 0 Å². The molecule has 0 aromatic heterocycles. The summed E-state index contributed by atoms with van der Waals surface area (Å²) in [6.45, 7) is 7.93. The quantitative estimate of drug-likeness (QED) is 0.913. The van der Waals surface area contributed by atoms with Gasteiger partial charge in [-0.1, -0.05) is 24.3 Å². The highest BCUT2D eigenvalue weighted by Crippen LogP contribution is 2.23. The van der Waals surface area contributed by atoms with Crippen molar-refractivity contribution in [1.82, 2.24) is 4.90 Å². The molecule has 1 aromatic carbocycles. The van der Waals surface area contributed by atoms with Crippen LogP contribution >= 0.6 is 0 Å². The molecule has 0 saturated heterocycles. The van der Waals surface area contributed by atoms with Crippen molar-refractivity contribution >= 4 is 6.09 Å². The second-order valence-corrected chi connectivity index (χ2v) is 5.70. The third-order valence-electron chi connectivity index (χ3n) is 2.92. The first kappa shape index (κ1) is 15.5. The highest BCUT2D eigenvalue weighted by molar-refractivity contribution is 5.68. The number of rotatable bonds is 3. The number of hydrogen-bond donors (Lipinski definition) is 1. The van der Waals surface area contributed by atoms with E-state index in [1.807, 2.05) is 52.0 Å². The van der Waals surface area contributed by atoms with Gasteiger partial charge in [0.2, 0.25) is 0 Å². The summed E-state index contributed by atoms with van der Waals surface area (Å²) >= 11 is 0. The molecule has 0 aliphatic heterocycles. The molecule has 4 heteroatoms. The summed E-state index contributed by atoms with van der Waals surface area (Å²) in [4.78, 5) is 13.7. The molecule has 1 unspecified atom stereocenters. The van der Waals surface area contributed by atoms with Gasteiger partial charge in [0, 0.05) is 13.6 Å². The van der Waals surface area contributed by atoms with Crippen molar-refractivity contribution in [2.75, 3.05) is 13.6 Å². The van der Waals surface area contributed by atoms with Gasteiger partial charge in [0.05, 0.1) is 6.04 Å². The molecular weight excluding hydrogens is 240 g/mol. The summed E-state index contributed by atoms with van der Waals surface area (Å²) in [6, 6.07) is 7.76. The van der Waals surface area contributed by atoms with Crippen LogP contribution in [0.1, 0.15) is 37.9 Å². The van der Waals surface area contributed by atoms with Crippen LogP contribution in [-0.4, -0.2) is 30.2 Å². The number of nitrogens with zero attached hydrogens (tertiary/aromatic N) is 1. The van der Waals surface area contributed by atoms with Crippen LogP contribution in [0.15, 0.2) is 24.3 Å². The summed E-state index contributed by atoms with van der Waals surface area (Å²) in [7, 11) is 1.72. The smallest absolute Gasteiger partial charge is 0.410 e. The van der Waals surface area contributed by atoms with Crippen molar-refractivity contribution < 1.29 is 9.53 Å². The Morgan fingerprint density at radius 1 is 1.37 bits per heavy atom. The zero-order valence-corrected chi connectivity index (χ0v) is 12.4. The first-order chi connectivity index (χ1) is 8.76. The van der Waals surface area contributed by atoms with Gasteiger partial charge in [-0.3, -0.25) is 0 Å². The van der Waals surface area contributed by atoms with E-state index >= 15 is 0 Å². The lowest BCUT2D eigenvalue weighted by Gasteiger charge is -2.31. The molecule has 106 valence electrons. The van der Waals surface area contributed by atoms with Crippen LogP contribution in [0.25, 0.3) is 0 Å². The molecule has 0 aliphatic rings. The SMILES string of the molecule is Cc1ccccc1C(CN)N(C)C(=O)OC(C)(C)C. The average molecular weight is 264 g/mol. The molecule has 1 aromatic rings. The highest BCUT2D eigenvalue weighted by Gasteiger charge is 2.26. The van der Waals surface area contributed by atoms with Gasteiger partial charge in [0.15, 0.2) is 0 Å². The lowest BCUT2D eigenvalue weighted by Crippen LogP contribution is -2.39. The molecule has 19 heavy (non-hydrogen) atoms. The van der Waals surface area contributed by atoms with Crippen LogP contribution in [0.4, 0.5) is 4.79 Å². The third-order valence-corrected chi connectivity index (χ3v) is 2.92. The summed E-state index contributed by atoms with van der Waals surface area (Å²) in [5, 5.41) is 0. The maximum Gasteiger partial charge on any atom is 0.410 e. The molecule has 1 atom stereocenters. The number of ether oxygens (including phenoxy) is 1. The normalized spacial score (nSPS) is 12.9. The van der Waals surface area contributed by atoms with Crippen molar-refractivity contribution in [2.24, 2.45) is 5.73 Å². The Bertz CT molecular complexity index is 438. The maximum absolute atomic E-state index is 12.1. The van der Waals surface area contributed by atoms with Crippen molar-refractivity contribution in [3.8, 4) is 0 Å². The molecule has 0 fully saturated rings. The number of aryl methyl sites for hydroxylation is 1. The largest absolute Gasteiger partial charge is 0.444 e. The Kier molecular flexibility index (Phi) is 4.95. The zero-order chi connectivity index (χ0) is 14.6. The molecule has 1 amide bonds. The number of carbonyl (C=O) groups excluding carboxylic acids is 1. The van der Waals surface area contributed by atoms with E-state index < -0.39 is 5.60 Å². The number of likely N-dealkylation sites (N-methyl/N-ethyl adjacent to an activating group) is 1. The summed E-state index contributed by atoms with van der Waals surface area (Å²) in [5.41, 5.74) is 7.50. The number of hydrogen-bond acceptors (Lipinski definition) is 3. The van der Waals surface area contributed by atoms with Crippen LogP contribution in [-0.2, 0) is 4.74 Å². The van der Waals surface area contributed by atoms with Gasteiger partial charge in [0.1, 0.15) is 5.60 Å². The van der Waals surface area contributed by atoms with E-state index in [0.29, 0.717) is 6.54 Å². The van der Waals surface area contributed by atoms with Crippen molar-refractivity contribution in [2.45, 2.75) is 39.3 Å². The fourth-order valence-electron chi connectivity index (χ4n) is 1.92. The number of benzene rings is 1. The Morgan fingerprint density at radius 3 is 2.42 bits per heavy atom. The molecular formula is C15H24N2O2. The summed E-state index contributed by atoms with van der Waals surface area (Å²) in [5.74, 6) is 0. The number of nitrogens with two attached hydrogens (primary N) is 1. The summed E-state index contributed by atoms with van der Waals surface area (Å²) < 4.78 is 5.38. The third kappa shape index (κ3) is 4.24. The van der Waals surface area contributed by atoms with Gasteiger partial charge in [-0.25, -0.2) is 4.79 Å². The molecule has 0 aliphatic carbocycles. The van der Waals surface area contributed by atoms with E-state index in [-0.39, 0.29) is 12.1 Å². The molecule has 4 nitrogen and oxygen atoms in total. The number of carbonyl (C=O) groups is 1. The zero-order valence-electron chi connectivity index (χ0n) is 12.4. The molecule has 0 saturated carbocycles. The van der Waals surface area contributed by atoms with Gasteiger partial charge >= 0.3 is 6.09 Å². The predicted molar refractivity (Wildman–Crippen MR) is 77.0 cm³/mol. The van der Waals surface area contributed by atoms with Gasteiger partial charge in [-0.05, 0) is 38.8 Å². The van der Waals surface area contributed by atoms with Gasteiger partial charge in [-0.15, -0.1) is 0 Å². The van der Waals surface area contributed by atoms with Crippen molar-refractivity contribution in [1.29, 1.82) is 0 Å². The first-order valence-electron chi connectivity index (χ1n) is 6.47.